The Hall–Kier alpha value is -2.71. The summed E-state index contributed by atoms with van der Waals surface area (Å²) >= 11 is 0. The summed E-state index contributed by atoms with van der Waals surface area (Å²) in [6.45, 7) is 2.46. The zero-order chi connectivity index (χ0) is 20.9. The highest BCUT2D eigenvalue weighted by Gasteiger charge is 2.25. The largest absolute Gasteiger partial charge is 0.423 e. The number of carbonyl (C=O) groups is 2. The second-order valence-electron chi connectivity index (χ2n) is 6.94. The second kappa shape index (κ2) is 9.19. The van der Waals surface area contributed by atoms with Crippen molar-refractivity contribution in [1.29, 1.82) is 0 Å². The van der Waals surface area contributed by atoms with Gasteiger partial charge in [0.25, 0.3) is 0 Å². The number of carbonyl (C=O) groups excluding carboxylic acids is 2. The van der Waals surface area contributed by atoms with Gasteiger partial charge in [-0.3, -0.25) is 4.79 Å². The van der Waals surface area contributed by atoms with Gasteiger partial charge in [0.05, 0.1) is 10.5 Å². The van der Waals surface area contributed by atoms with Gasteiger partial charge >= 0.3 is 5.97 Å². The standard InChI is InChI=1S/C21H24N2O5S/c1-16(24)22-18-8-10-19(11-9-18)28-21(25)17-6-12-20(13-7-17)29(26,27)23-14-4-2-3-5-15-23/h6-13H,2-5,14-15H2,1H3,(H,22,24). The first kappa shape index (κ1) is 21.0. The predicted molar refractivity (Wildman–Crippen MR) is 109 cm³/mol. The molecule has 1 N–H and O–H groups in total. The van der Waals surface area contributed by atoms with Crippen LogP contribution in [0.15, 0.2) is 53.4 Å². The predicted octanol–water partition coefficient (Wildman–Crippen LogP) is 3.43. The Balaban J connectivity index is 1.67. The Bertz CT molecular complexity index is 961. The molecule has 0 bridgehead atoms. The molecule has 2 aromatic carbocycles. The number of sulfonamides is 1. The number of hydrogen-bond acceptors (Lipinski definition) is 5. The van der Waals surface area contributed by atoms with Crippen LogP contribution < -0.4 is 10.1 Å². The van der Waals surface area contributed by atoms with Crippen molar-refractivity contribution >= 4 is 27.6 Å². The number of hydrogen-bond donors (Lipinski definition) is 1. The molecule has 1 amide bonds. The molecule has 2 aromatic rings. The van der Waals surface area contributed by atoms with Crippen molar-refractivity contribution in [3.63, 3.8) is 0 Å². The van der Waals surface area contributed by atoms with Crippen LogP contribution in [0.25, 0.3) is 0 Å². The number of nitrogens with zero attached hydrogens (tertiary/aromatic N) is 1. The quantitative estimate of drug-likeness (QED) is 0.595. The Morgan fingerprint density at radius 1 is 0.897 bits per heavy atom. The molecule has 154 valence electrons. The van der Waals surface area contributed by atoms with E-state index in [4.69, 9.17) is 4.74 Å². The van der Waals surface area contributed by atoms with E-state index in [-0.39, 0.29) is 16.4 Å². The maximum atomic E-state index is 12.8. The lowest BCUT2D eigenvalue weighted by atomic mass is 10.2. The van der Waals surface area contributed by atoms with Gasteiger partial charge in [0, 0.05) is 25.7 Å². The van der Waals surface area contributed by atoms with Crippen molar-refractivity contribution in [2.24, 2.45) is 0 Å². The van der Waals surface area contributed by atoms with Gasteiger partial charge in [-0.05, 0) is 61.4 Å². The zero-order valence-electron chi connectivity index (χ0n) is 16.3. The minimum absolute atomic E-state index is 0.176. The number of anilines is 1. The molecule has 1 aliphatic rings. The van der Waals surface area contributed by atoms with Crippen LogP contribution in [0.4, 0.5) is 5.69 Å². The van der Waals surface area contributed by atoms with E-state index >= 15 is 0 Å². The van der Waals surface area contributed by atoms with Crippen LogP contribution in [0, 0.1) is 0 Å². The maximum absolute atomic E-state index is 12.8. The Kier molecular flexibility index (Phi) is 6.66. The third-order valence-corrected chi connectivity index (χ3v) is 6.59. The smallest absolute Gasteiger partial charge is 0.343 e. The summed E-state index contributed by atoms with van der Waals surface area (Å²) in [4.78, 5) is 23.5. The number of benzene rings is 2. The van der Waals surface area contributed by atoms with Gasteiger partial charge in [0.2, 0.25) is 15.9 Å². The molecular weight excluding hydrogens is 392 g/mol. The summed E-state index contributed by atoms with van der Waals surface area (Å²) in [7, 11) is -3.55. The van der Waals surface area contributed by atoms with Crippen LogP contribution in [0.1, 0.15) is 43.0 Å². The maximum Gasteiger partial charge on any atom is 0.343 e. The summed E-state index contributed by atoms with van der Waals surface area (Å²) < 4.78 is 32.4. The van der Waals surface area contributed by atoms with Gasteiger partial charge in [0.1, 0.15) is 5.75 Å². The van der Waals surface area contributed by atoms with Crippen LogP contribution >= 0.6 is 0 Å². The second-order valence-corrected chi connectivity index (χ2v) is 8.88. The highest BCUT2D eigenvalue weighted by molar-refractivity contribution is 7.89. The van der Waals surface area contributed by atoms with Gasteiger partial charge in [0.15, 0.2) is 0 Å². The van der Waals surface area contributed by atoms with E-state index in [0.717, 1.165) is 25.7 Å². The molecular formula is C21H24N2O5S. The third kappa shape index (κ3) is 5.42. The van der Waals surface area contributed by atoms with Crippen LogP contribution in [0.2, 0.25) is 0 Å². The first-order valence-electron chi connectivity index (χ1n) is 9.56. The molecule has 0 unspecified atom stereocenters. The van der Waals surface area contributed by atoms with Gasteiger partial charge < -0.3 is 10.1 Å². The molecule has 0 saturated carbocycles. The molecule has 8 heteroatoms. The summed E-state index contributed by atoms with van der Waals surface area (Å²) in [5.74, 6) is -0.452. The highest BCUT2D eigenvalue weighted by atomic mass is 32.2. The highest BCUT2D eigenvalue weighted by Crippen LogP contribution is 2.22. The average molecular weight is 416 g/mol. The zero-order valence-corrected chi connectivity index (χ0v) is 17.1. The monoisotopic (exact) mass is 416 g/mol. The Morgan fingerprint density at radius 2 is 1.48 bits per heavy atom. The minimum Gasteiger partial charge on any atom is -0.423 e. The summed E-state index contributed by atoms with van der Waals surface area (Å²) in [5, 5.41) is 2.63. The van der Waals surface area contributed by atoms with E-state index in [0.29, 0.717) is 24.5 Å². The molecule has 0 atom stereocenters. The molecule has 0 radical (unpaired) electrons. The number of ether oxygens (including phenoxy) is 1. The van der Waals surface area contributed by atoms with Gasteiger partial charge in [-0.15, -0.1) is 0 Å². The van der Waals surface area contributed by atoms with Gasteiger partial charge in [-0.25, -0.2) is 13.2 Å². The van der Waals surface area contributed by atoms with E-state index in [1.54, 1.807) is 24.3 Å². The fourth-order valence-electron chi connectivity index (χ4n) is 3.17. The summed E-state index contributed by atoms with van der Waals surface area (Å²) in [5.41, 5.74) is 0.853. The van der Waals surface area contributed by atoms with Gasteiger partial charge in [-0.2, -0.15) is 4.31 Å². The van der Waals surface area contributed by atoms with Crippen molar-refractivity contribution in [1.82, 2.24) is 4.31 Å². The SMILES string of the molecule is CC(=O)Nc1ccc(OC(=O)c2ccc(S(=O)(=O)N3CCCCCC3)cc2)cc1. The number of amides is 1. The van der Waals surface area contributed by atoms with Crippen LogP contribution in [0.5, 0.6) is 5.75 Å². The van der Waals surface area contributed by atoms with E-state index in [9.17, 15) is 18.0 Å². The van der Waals surface area contributed by atoms with Crippen LogP contribution in [-0.4, -0.2) is 37.7 Å². The topological polar surface area (TPSA) is 92.8 Å². The fourth-order valence-corrected chi connectivity index (χ4v) is 4.69. The third-order valence-electron chi connectivity index (χ3n) is 4.68. The molecule has 3 rings (SSSR count). The molecule has 1 heterocycles. The lowest BCUT2D eigenvalue weighted by Crippen LogP contribution is -2.31. The Morgan fingerprint density at radius 3 is 2.03 bits per heavy atom. The van der Waals surface area contributed by atoms with E-state index in [1.165, 1.54) is 35.5 Å². The van der Waals surface area contributed by atoms with E-state index < -0.39 is 16.0 Å². The van der Waals surface area contributed by atoms with Gasteiger partial charge in [-0.1, -0.05) is 12.8 Å². The number of rotatable bonds is 5. The molecule has 1 fully saturated rings. The lowest BCUT2D eigenvalue weighted by molar-refractivity contribution is -0.114. The first-order chi connectivity index (χ1) is 13.9. The molecule has 29 heavy (non-hydrogen) atoms. The summed E-state index contributed by atoms with van der Waals surface area (Å²) in [6.07, 6.45) is 3.82. The molecule has 0 aliphatic carbocycles. The minimum atomic E-state index is -3.55. The van der Waals surface area contributed by atoms with Crippen LogP contribution in [0.3, 0.4) is 0 Å². The molecule has 0 spiro atoms. The van der Waals surface area contributed by atoms with E-state index in [1.807, 2.05) is 0 Å². The van der Waals surface area contributed by atoms with Crippen molar-refractivity contribution in [3.05, 3.63) is 54.1 Å². The first-order valence-corrected chi connectivity index (χ1v) is 11.0. The summed E-state index contributed by atoms with van der Waals surface area (Å²) in [6, 6.07) is 12.2. The molecule has 7 nitrogen and oxygen atoms in total. The molecule has 0 aromatic heterocycles. The fraction of sp³-hybridized carbons (Fsp3) is 0.333. The van der Waals surface area contributed by atoms with Crippen molar-refractivity contribution in [2.45, 2.75) is 37.5 Å². The molecule has 1 aliphatic heterocycles. The van der Waals surface area contributed by atoms with Crippen LogP contribution in [-0.2, 0) is 14.8 Å². The molecule has 1 saturated heterocycles. The number of esters is 1. The normalized spacial score (nSPS) is 15.3. The van der Waals surface area contributed by atoms with Crippen molar-refractivity contribution in [2.75, 3.05) is 18.4 Å². The lowest BCUT2D eigenvalue weighted by Gasteiger charge is -2.20. The van der Waals surface area contributed by atoms with Crippen molar-refractivity contribution in [3.8, 4) is 5.75 Å². The Labute approximate surface area is 170 Å². The average Bonchev–Trinajstić information content (AvgIpc) is 2.99. The van der Waals surface area contributed by atoms with Crippen molar-refractivity contribution < 1.29 is 22.7 Å². The number of nitrogens with one attached hydrogen (secondary N) is 1. The van der Waals surface area contributed by atoms with E-state index in [2.05, 4.69) is 5.32 Å².